The number of para-hydroxylation sites is 1. The Hall–Kier alpha value is -5.84. The predicted octanol–water partition coefficient (Wildman–Crippen LogP) is 10.1. The van der Waals surface area contributed by atoms with Gasteiger partial charge in [0.1, 0.15) is 11.9 Å². The van der Waals surface area contributed by atoms with E-state index in [2.05, 4.69) is 101 Å². The molecular formula is C38H27N3O. The van der Waals surface area contributed by atoms with Crippen LogP contribution in [0.1, 0.15) is 23.7 Å². The van der Waals surface area contributed by atoms with Gasteiger partial charge in [-0.3, -0.25) is 0 Å². The maximum absolute atomic E-state index is 9.51. The molecule has 4 heteroatoms. The Morgan fingerprint density at radius 3 is 2.19 bits per heavy atom. The molecule has 0 N–H and O–H groups in total. The normalized spacial score (nSPS) is 15.8. The van der Waals surface area contributed by atoms with Crippen LogP contribution in [0.5, 0.6) is 0 Å². The first-order chi connectivity index (χ1) is 20.7. The van der Waals surface area contributed by atoms with E-state index in [0.717, 1.165) is 28.2 Å². The molecule has 1 aliphatic heterocycles. The highest BCUT2D eigenvalue weighted by Gasteiger charge is 2.22. The minimum atomic E-state index is -0.265. The van der Waals surface area contributed by atoms with Crippen molar-refractivity contribution in [3.8, 4) is 6.07 Å². The van der Waals surface area contributed by atoms with Gasteiger partial charge >= 0.3 is 0 Å². The monoisotopic (exact) mass is 541 g/mol. The molecule has 0 aromatic heterocycles. The summed E-state index contributed by atoms with van der Waals surface area (Å²) in [7, 11) is 0. The summed E-state index contributed by atoms with van der Waals surface area (Å²) in [5, 5.41) is 11.9. The summed E-state index contributed by atoms with van der Waals surface area (Å²) in [6.45, 7) is 7.45. The average molecular weight is 542 g/mol. The molecule has 0 bridgehead atoms. The molecule has 0 fully saturated rings. The molecule has 5 aromatic carbocycles. The van der Waals surface area contributed by atoms with Crippen molar-refractivity contribution in [1.82, 2.24) is 0 Å². The summed E-state index contributed by atoms with van der Waals surface area (Å²) < 4.78 is 6.30. The third-order valence-corrected chi connectivity index (χ3v) is 7.31. The number of ether oxygens (including phenoxy) is 1. The third-order valence-electron chi connectivity index (χ3n) is 7.31. The predicted molar refractivity (Wildman–Crippen MR) is 170 cm³/mol. The van der Waals surface area contributed by atoms with E-state index in [4.69, 9.17) is 11.3 Å². The second-order valence-corrected chi connectivity index (χ2v) is 9.96. The number of hydrogen-bond donors (Lipinski definition) is 0. The molecule has 4 nitrogen and oxygen atoms in total. The lowest BCUT2D eigenvalue weighted by molar-refractivity contribution is 0.118. The molecule has 200 valence electrons. The molecule has 1 atom stereocenters. The Kier molecular flexibility index (Phi) is 7.62. The first-order valence-corrected chi connectivity index (χ1v) is 13.8. The summed E-state index contributed by atoms with van der Waals surface area (Å²) in [5.74, 6) is 0.618. The van der Waals surface area contributed by atoms with Gasteiger partial charge in [-0.15, -0.1) is 0 Å². The van der Waals surface area contributed by atoms with Crippen LogP contribution < -0.4 is 4.90 Å². The van der Waals surface area contributed by atoms with Gasteiger partial charge in [0.15, 0.2) is 0 Å². The van der Waals surface area contributed by atoms with E-state index in [-0.39, 0.29) is 11.8 Å². The van der Waals surface area contributed by atoms with Gasteiger partial charge in [-0.25, -0.2) is 10.1 Å². The fraction of sp³-hybridized carbons (Fsp3) is 0.0526. The van der Waals surface area contributed by atoms with Gasteiger partial charge in [-0.1, -0.05) is 103 Å². The van der Waals surface area contributed by atoms with E-state index in [1.165, 1.54) is 10.8 Å². The molecule has 42 heavy (non-hydrogen) atoms. The van der Waals surface area contributed by atoms with Gasteiger partial charge in [0.05, 0.1) is 18.3 Å². The summed E-state index contributed by atoms with van der Waals surface area (Å²) in [5.41, 5.74) is 6.05. The number of hydrogen-bond acceptors (Lipinski definition) is 3. The van der Waals surface area contributed by atoms with Crippen molar-refractivity contribution in [1.29, 1.82) is 5.26 Å². The van der Waals surface area contributed by atoms with Gasteiger partial charge in [0.25, 0.3) is 5.70 Å². The first kappa shape index (κ1) is 26.4. The van der Waals surface area contributed by atoms with Crippen molar-refractivity contribution >= 4 is 33.9 Å². The van der Waals surface area contributed by atoms with E-state index >= 15 is 0 Å². The van der Waals surface area contributed by atoms with Crippen LogP contribution in [-0.4, -0.2) is 0 Å². The second-order valence-electron chi connectivity index (χ2n) is 9.96. The van der Waals surface area contributed by atoms with Gasteiger partial charge in [0, 0.05) is 23.2 Å². The second kappa shape index (κ2) is 12.1. The number of benzene rings is 5. The number of nitrogens with zero attached hydrogens (tertiary/aromatic N) is 3. The van der Waals surface area contributed by atoms with Gasteiger partial charge in [-0.2, -0.15) is 0 Å². The minimum Gasteiger partial charge on any atom is -0.485 e. The quantitative estimate of drug-likeness (QED) is 0.159. The van der Waals surface area contributed by atoms with Crippen LogP contribution in [0, 0.1) is 17.9 Å². The Balaban J connectivity index is 1.32. The molecule has 1 aliphatic rings. The molecule has 0 radical (unpaired) electrons. The summed E-state index contributed by atoms with van der Waals surface area (Å²) in [6.07, 6.45) is 5.92. The minimum absolute atomic E-state index is 0.101. The van der Waals surface area contributed by atoms with Crippen LogP contribution in [0.3, 0.4) is 0 Å². The highest BCUT2D eigenvalue weighted by molar-refractivity contribution is 5.98. The van der Waals surface area contributed by atoms with Crippen molar-refractivity contribution in [2.24, 2.45) is 0 Å². The van der Waals surface area contributed by atoms with Gasteiger partial charge < -0.3 is 9.64 Å². The zero-order valence-electron chi connectivity index (χ0n) is 22.9. The Bertz CT molecular complexity index is 1870. The third kappa shape index (κ3) is 5.56. The van der Waals surface area contributed by atoms with Crippen LogP contribution >= 0.6 is 0 Å². The molecule has 5 aromatic rings. The molecule has 0 aliphatic carbocycles. The highest BCUT2D eigenvalue weighted by atomic mass is 16.5. The van der Waals surface area contributed by atoms with Gasteiger partial charge in [0.2, 0.25) is 0 Å². The molecule has 6 rings (SSSR count). The molecule has 0 spiro atoms. The highest BCUT2D eigenvalue weighted by Crippen LogP contribution is 2.39. The molecule has 0 saturated heterocycles. The van der Waals surface area contributed by atoms with E-state index in [0.29, 0.717) is 17.8 Å². The maximum Gasteiger partial charge on any atom is 0.265 e. The van der Waals surface area contributed by atoms with E-state index in [1.807, 2.05) is 54.6 Å². The van der Waals surface area contributed by atoms with E-state index in [9.17, 15) is 5.26 Å². The maximum atomic E-state index is 9.51. The van der Waals surface area contributed by atoms with Crippen molar-refractivity contribution < 1.29 is 4.74 Å². The van der Waals surface area contributed by atoms with Crippen LogP contribution in [0.15, 0.2) is 157 Å². The Labute approximate surface area is 246 Å². The number of rotatable bonds is 6. The summed E-state index contributed by atoms with van der Waals surface area (Å²) >= 11 is 0. The number of fused-ring (bicyclic) bond motifs is 1. The fourth-order valence-electron chi connectivity index (χ4n) is 5.27. The molecule has 0 amide bonds. The van der Waals surface area contributed by atoms with Crippen LogP contribution in [0.2, 0.25) is 0 Å². The zero-order valence-corrected chi connectivity index (χ0v) is 22.9. The van der Waals surface area contributed by atoms with E-state index in [1.54, 1.807) is 6.08 Å². The Morgan fingerprint density at radius 1 is 0.786 bits per heavy atom. The number of allylic oxidation sites excluding steroid dienone is 3. The topological polar surface area (TPSA) is 40.6 Å². The van der Waals surface area contributed by atoms with E-state index < -0.39 is 0 Å². The molecule has 0 saturated carbocycles. The summed E-state index contributed by atoms with van der Waals surface area (Å²) in [4.78, 5) is 5.72. The van der Waals surface area contributed by atoms with Crippen LogP contribution in [0.4, 0.5) is 17.1 Å². The number of anilines is 3. The van der Waals surface area contributed by atoms with Crippen LogP contribution in [0.25, 0.3) is 21.7 Å². The van der Waals surface area contributed by atoms with Crippen molar-refractivity contribution in [2.75, 3.05) is 4.90 Å². The van der Waals surface area contributed by atoms with Crippen LogP contribution in [-0.2, 0) is 4.74 Å². The lowest BCUT2D eigenvalue weighted by Gasteiger charge is -2.27. The van der Waals surface area contributed by atoms with Gasteiger partial charge in [-0.05, 0) is 64.6 Å². The summed E-state index contributed by atoms with van der Waals surface area (Å²) in [6, 6.07) is 45.6. The Morgan fingerprint density at radius 2 is 1.45 bits per heavy atom. The fourth-order valence-corrected chi connectivity index (χ4v) is 5.27. The standard InChI is InChI=1S/C38H27N3O/c1-40-36(27-39)31-25-34(42-38(26-31)30-12-4-2-5-13-30)24-21-28-19-22-33(23-20-28)41(32-15-6-3-7-16-32)37-18-10-14-29-11-8-9-17-35(29)37/h2-25,38H,26H2. The smallest absolute Gasteiger partial charge is 0.265 e. The average Bonchev–Trinajstić information content (AvgIpc) is 3.06. The lowest BCUT2D eigenvalue weighted by Crippen LogP contribution is -2.10. The largest absolute Gasteiger partial charge is 0.485 e. The molecular weight excluding hydrogens is 514 g/mol. The first-order valence-electron chi connectivity index (χ1n) is 13.8. The van der Waals surface area contributed by atoms with Crippen molar-refractivity contribution in [2.45, 2.75) is 12.5 Å². The molecule has 1 heterocycles. The number of nitriles is 1. The lowest BCUT2D eigenvalue weighted by atomic mass is 9.97. The van der Waals surface area contributed by atoms with Crippen molar-refractivity contribution in [3.05, 3.63) is 179 Å². The van der Waals surface area contributed by atoms with Crippen molar-refractivity contribution in [3.63, 3.8) is 0 Å². The zero-order chi connectivity index (χ0) is 28.7. The molecule has 1 unspecified atom stereocenters. The SMILES string of the molecule is [C-]#[N+]C(C#N)=C1C=C(C=Cc2ccc(N(c3ccccc3)c3cccc4ccccc34)cc2)OC(c2ccccc2)C1.